The highest BCUT2D eigenvalue weighted by Gasteiger charge is 2.14. The van der Waals surface area contributed by atoms with Gasteiger partial charge in [-0.3, -0.25) is 0 Å². The molecule has 1 saturated heterocycles. The summed E-state index contributed by atoms with van der Waals surface area (Å²) in [5.74, 6) is 4.74. The predicted octanol–water partition coefficient (Wildman–Crippen LogP) is 2.65. The van der Waals surface area contributed by atoms with Crippen LogP contribution in [-0.2, 0) is 13.6 Å². The van der Waals surface area contributed by atoms with Crippen LogP contribution < -0.4 is 10.6 Å². The Hall–Kier alpha value is -0.550. The first kappa shape index (κ1) is 25.5. The average molecular weight is 524 g/mol. The second-order valence-corrected chi connectivity index (χ2v) is 8.45. The Kier molecular flexibility index (Phi) is 13.1. The van der Waals surface area contributed by atoms with E-state index < -0.39 is 0 Å². The first-order valence-electron chi connectivity index (χ1n) is 10.2. The number of aryl methyl sites for hydroxylation is 1. The lowest BCUT2D eigenvalue weighted by molar-refractivity contribution is 0.191. The minimum Gasteiger partial charge on any atom is -0.356 e. The molecule has 1 aromatic rings. The maximum absolute atomic E-state index is 4.71. The first-order chi connectivity index (χ1) is 13.1. The number of aliphatic imine (C=N–C) groups is 1. The van der Waals surface area contributed by atoms with Crippen LogP contribution >= 0.6 is 35.7 Å². The molecule has 0 amide bonds. The monoisotopic (exact) mass is 523 g/mol. The Bertz CT molecular complexity index is 571. The van der Waals surface area contributed by atoms with Gasteiger partial charge in [-0.15, -0.1) is 34.2 Å². The van der Waals surface area contributed by atoms with Gasteiger partial charge in [0.25, 0.3) is 0 Å². The van der Waals surface area contributed by atoms with Crippen molar-refractivity contribution in [1.29, 1.82) is 0 Å². The molecule has 0 aromatic carbocycles. The van der Waals surface area contributed by atoms with Gasteiger partial charge in [0, 0.05) is 20.1 Å². The van der Waals surface area contributed by atoms with Crippen molar-refractivity contribution in [3.8, 4) is 0 Å². The number of piperidine rings is 1. The van der Waals surface area contributed by atoms with E-state index in [-0.39, 0.29) is 24.0 Å². The molecule has 0 unspecified atom stereocenters. The lowest BCUT2D eigenvalue weighted by atomic mass is 9.99. The molecule has 2 N–H and O–H groups in total. The van der Waals surface area contributed by atoms with Crippen molar-refractivity contribution in [2.45, 2.75) is 46.1 Å². The molecule has 7 nitrogen and oxygen atoms in total. The number of hydrogen-bond donors (Lipinski definition) is 2. The van der Waals surface area contributed by atoms with Gasteiger partial charge in [-0.05, 0) is 70.2 Å². The van der Waals surface area contributed by atoms with E-state index in [1.807, 2.05) is 30.3 Å². The average Bonchev–Trinajstić information content (AvgIpc) is 2.99. The van der Waals surface area contributed by atoms with Gasteiger partial charge in [0.2, 0.25) is 0 Å². The maximum Gasteiger partial charge on any atom is 0.191 e. The number of nitrogens with zero attached hydrogens (tertiary/aromatic N) is 5. The largest absolute Gasteiger partial charge is 0.356 e. The number of halogens is 1. The molecule has 9 heteroatoms. The van der Waals surface area contributed by atoms with E-state index in [1.165, 1.54) is 32.5 Å². The smallest absolute Gasteiger partial charge is 0.191 e. The van der Waals surface area contributed by atoms with E-state index in [1.54, 1.807) is 0 Å². The summed E-state index contributed by atoms with van der Waals surface area (Å²) in [7, 11) is 1.98. The van der Waals surface area contributed by atoms with Crippen LogP contribution in [0, 0.1) is 12.8 Å². The van der Waals surface area contributed by atoms with E-state index >= 15 is 0 Å². The van der Waals surface area contributed by atoms with Crippen molar-refractivity contribution in [3.05, 3.63) is 11.6 Å². The van der Waals surface area contributed by atoms with E-state index in [9.17, 15) is 0 Å². The van der Waals surface area contributed by atoms with E-state index in [0.717, 1.165) is 55.2 Å². The van der Waals surface area contributed by atoms with Crippen molar-refractivity contribution in [2.24, 2.45) is 18.0 Å². The van der Waals surface area contributed by atoms with Crippen molar-refractivity contribution >= 4 is 41.7 Å². The van der Waals surface area contributed by atoms with E-state index in [2.05, 4.69) is 38.9 Å². The number of aromatic nitrogens is 3. The number of thioether (sulfide) groups is 1. The summed E-state index contributed by atoms with van der Waals surface area (Å²) in [5, 5.41) is 15.2. The highest BCUT2D eigenvalue weighted by molar-refractivity contribution is 14.0. The van der Waals surface area contributed by atoms with Crippen molar-refractivity contribution in [3.63, 3.8) is 0 Å². The highest BCUT2D eigenvalue weighted by Crippen LogP contribution is 2.15. The summed E-state index contributed by atoms with van der Waals surface area (Å²) in [6.45, 7) is 10.4. The third-order valence-electron chi connectivity index (χ3n) is 5.20. The number of likely N-dealkylation sites (tertiary alicyclic amines) is 1. The molecule has 0 atom stereocenters. The lowest BCUT2D eigenvalue weighted by Gasteiger charge is -2.30. The second-order valence-electron chi connectivity index (χ2n) is 7.46. The Morgan fingerprint density at radius 3 is 2.46 bits per heavy atom. The topological polar surface area (TPSA) is 70.4 Å². The zero-order valence-electron chi connectivity index (χ0n) is 17.9. The lowest BCUT2D eigenvalue weighted by Crippen LogP contribution is -2.40. The fraction of sp³-hybridized carbons (Fsp3) is 0.842. The summed E-state index contributed by atoms with van der Waals surface area (Å²) in [6.07, 6.45) is 7.10. The van der Waals surface area contributed by atoms with Gasteiger partial charge in [-0.2, -0.15) is 11.8 Å². The third kappa shape index (κ3) is 9.30. The minimum absolute atomic E-state index is 0. The third-order valence-corrected chi connectivity index (χ3v) is 5.90. The summed E-state index contributed by atoms with van der Waals surface area (Å²) < 4.78 is 1.99. The Morgan fingerprint density at radius 2 is 1.86 bits per heavy atom. The van der Waals surface area contributed by atoms with Crippen LogP contribution in [-0.4, -0.2) is 70.4 Å². The van der Waals surface area contributed by atoms with Crippen LogP contribution in [0.5, 0.6) is 0 Å². The molecule has 1 fully saturated rings. The predicted molar refractivity (Wildman–Crippen MR) is 131 cm³/mol. The molecule has 0 bridgehead atoms. The Balaban J connectivity index is 0.00000392. The summed E-state index contributed by atoms with van der Waals surface area (Å²) in [6, 6.07) is 0. The molecular formula is C19H38IN7S. The molecule has 1 aliphatic heterocycles. The van der Waals surface area contributed by atoms with Crippen LogP contribution in [0.25, 0.3) is 0 Å². The van der Waals surface area contributed by atoms with Crippen molar-refractivity contribution < 1.29 is 0 Å². The van der Waals surface area contributed by atoms with Gasteiger partial charge in [0.05, 0.1) is 0 Å². The normalized spacial score (nSPS) is 16.1. The Labute approximate surface area is 191 Å². The second kappa shape index (κ2) is 14.4. The first-order valence-corrected chi connectivity index (χ1v) is 11.6. The number of rotatable bonds is 10. The van der Waals surface area contributed by atoms with Crippen LogP contribution in [0.2, 0.25) is 0 Å². The van der Waals surface area contributed by atoms with Crippen LogP contribution in [0.1, 0.15) is 44.3 Å². The zero-order valence-corrected chi connectivity index (χ0v) is 21.1. The molecule has 2 rings (SSSR count). The molecule has 0 radical (unpaired) electrons. The van der Waals surface area contributed by atoms with Gasteiger partial charge >= 0.3 is 0 Å². The summed E-state index contributed by atoms with van der Waals surface area (Å²) in [5.41, 5.74) is 0. The quantitative estimate of drug-likeness (QED) is 0.213. The molecule has 28 heavy (non-hydrogen) atoms. The molecule has 1 aromatic heterocycles. The Morgan fingerprint density at radius 1 is 1.18 bits per heavy atom. The van der Waals surface area contributed by atoms with Crippen molar-refractivity contribution in [2.75, 3.05) is 44.7 Å². The highest BCUT2D eigenvalue weighted by atomic mass is 127. The SMILES string of the molecule is CSCCCNC(=NCc1nnc(C)n1C)NCCCN1CCC(C)CC1.I. The van der Waals surface area contributed by atoms with Gasteiger partial charge in [-0.25, -0.2) is 4.99 Å². The fourth-order valence-corrected chi connectivity index (χ4v) is 3.56. The molecule has 1 aliphatic rings. The fourth-order valence-electron chi connectivity index (χ4n) is 3.13. The van der Waals surface area contributed by atoms with Crippen LogP contribution in [0.3, 0.4) is 0 Å². The van der Waals surface area contributed by atoms with Crippen molar-refractivity contribution in [1.82, 2.24) is 30.3 Å². The number of guanidine groups is 1. The van der Waals surface area contributed by atoms with Crippen LogP contribution in [0.15, 0.2) is 4.99 Å². The molecule has 0 aliphatic carbocycles. The van der Waals surface area contributed by atoms with Crippen LogP contribution in [0.4, 0.5) is 0 Å². The number of nitrogens with one attached hydrogen (secondary N) is 2. The van der Waals surface area contributed by atoms with Gasteiger partial charge in [0.15, 0.2) is 11.8 Å². The molecule has 0 spiro atoms. The molecule has 162 valence electrons. The number of hydrogen-bond acceptors (Lipinski definition) is 5. The minimum atomic E-state index is 0. The standard InChI is InChI=1S/C19H37N7S.HI/c1-16-7-12-26(13-8-16)11-5-9-20-19(21-10-6-14-27-4)22-15-18-24-23-17(2)25(18)3;/h16H,5-15H2,1-4H3,(H2,20,21,22);1H. The van der Waals surface area contributed by atoms with E-state index in [4.69, 9.17) is 4.99 Å². The van der Waals surface area contributed by atoms with Gasteiger partial charge < -0.3 is 20.1 Å². The van der Waals surface area contributed by atoms with E-state index in [0.29, 0.717) is 6.54 Å². The summed E-state index contributed by atoms with van der Waals surface area (Å²) in [4.78, 5) is 7.30. The summed E-state index contributed by atoms with van der Waals surface area (Å²) >= 11 is 1.88. The molecule has 2 heterocycles. The molecular weight excluding hydrogens is 485 g/mol. The van der Waals surface area contributed by atoms with Gasteiger partial charge in [0.1, 0.15) is 12.4 Å². The zero-order chi connectivity index (χ0) is 19.5. The van der Waals surface area contributed by atoms with Gasteiger partial charge in [-0.1, -0.05) is 6.92 Å². The molecule has 0 saturated carbocycles. The maximum atomic E-state index is 4.71.